The highest BCUT2D eigenvalue weighted by Gasteiger charge is 2.19. The number of carbonyl (C=O) groups excluding carboxylic acids is 1. The maximum Gasteiger partial charge on any atom is 0.223 e. The van der Waals surface area contributed by atoms with Crippen molar-refractivity contribution in [2.75, 3.05) is 6.61 Å². The van der Waals surface area contributed by atoms with Gasteiger partial charge in [-0.1, -0.05) is 185 Å². The highest BCUT2D eigenvalue weighted by Crippen LogP contribution is 2.14. The molecule has 4 N–H and O–H groups in total. The normalized spacial score (nSPS) is 14.2. The number of hydrogen-bond donors (Lipinski definition) is 4. The van der Waals surface area contributed by atoms with Crippen molar-refractivity contribution >= 4 is 5.91 Å². The van der Waals surface area contributed by atoms with Crippen LogP contribution in [-0.2, 0) is 4.79 Å². The zero-order chi connectivity index (χ0) is 33.1. The molecule has 1 amide bonds. The standard InChI is InChI=1S/C40H75NO4/c1-3-5-7-9-11-13-15-16-17-18-19-20-21-22-24-26-28-30-32-34-39(44)38(36-42)41-40(45)35-37(43)33-31-29-27-25-23-14-12-10-8-6-4-2/h25,27,31-34,37-39,42-44H,3-24,26,28-30,35-36H2,1-2H3,(H,41,45)/b27-25-,33-31-,34-32+. The first kappa shape index (κ1) is 43.6. The number of amides is 1. The van der Waals surface area contributed by atoms with E-state index in [1.807, 2.05) is 12.2 Å². The van der Waals surface area contributed by atoms with Gasteiger partial charge in [-0.15, -0.1) is 0 Å². The van der Waals surface area contributed by atoms with Gasteiger partial charge in [-0.3, -0.25) is 4.79 Å². The van der Waals surface area contributed by atoms with Crippen molar-refractivity contribution in [3.05, 3.63) is 36.5 Å². The van der Waals surface area contributed by atoms with E-state index in [4.69, 9.17) is 0 Å². The van der Waals surface area contributed by atoms with Gasteiger partial charge in [0.2, 0.25) is 5.91 Å². The van der Waals surface area contributed by atoms with Gasteiger partial charge in [0.1, 0.15) is 0 Å². The summed E-state index contributed by atoms with van der Waals surface area (Å²) in [5.74, 6) is -0.384. The van der Waals surface area contributed by atoms with E-state index in [-0.39, 0.29) is 18.9 Å². The van der Waals surface area contributed by atoms with E-state index in [1.54, 1.807) is 12.2 Å². The average Bonchev–Trinajstić information content (AvgIpc) is 3.03. The molecule has 0 spiro atoms. The Morgan fingerprint density at radius 1 is 0.556 bits per heavy atom. The molecule has 0 aliphatic heterocycles. The first-order valence-electron chi connectivity index (χ1n) is 19.3. The summed E-state index contributed by atoms with van der Waals surface area (Å²) in [7, 11) is 0. The van der Waals surface area contributed by atoms with Gasteiger partial charge in [-0.2, -0.15) is 0 Å². The van der Waals surface area contributed by atoms with Crippen LogP contribution in [0.15, 0.2) is 36.5 Å². The zero-order valence-electron chi connectivity index (χ0n) is 29.7. The van der Waals surface area contributed by atoms with E-state index in [0.29, 0.717) is 0 Å². The number of rotatable bonds is 34. The van der Waals surface area contributed by atoms with Crippen molar-refractivity contribution in [3.63, 3.8) is 0 Å². The van der Waals surface area contributed by atoms with E-state index in [1.165, 1.54) is 141 Å². The maximum absolute atomic E-state index is 12.3. The predicted molar refractivity (Wildman–Crippen MR) is 194 cm³/mol. The van der Waals surface area contributed by atoms with Crippen molar-refractivity contribution in [3.8, 4) is 0 Å². The number of aliphatic hydroxyl groups excluding tert-OH is 3. The third kappa shape index (κ3) is 32.3. The summed E-state index contributed by atoms with van der Waals surface area (Å²) in [6, 6.07) is -0.773. The van der Waals surface area contributed by atoms with Crippen molar-refractivity contribution in [1.82, 2.24) is 5.32 Å². The Morgan fingerprint density at radius 2 is 0.978 bits per heavy atom. The fourth-order valence-electron chi connectivity index (χ4n) is 5.69. The molecule has 0 radical (unpaired) electrons. The Bertz CT molecular complexity index is 704. The molecule has 0 rings (SSSR count). The van der Waals surface area contributed by atoms with Gasteiger partial charge >= 0.3 is 0 Å². The molecule has 3 atom stereocenters. The molecule has 3 unspecified atom stereocenters. The number of allylic oxidation sites excluding steroid dienone is 4. The molecule has 0 heterocycles. The van der Waals surface area contributed by atoms with Gasteiger partial charge in [-0.25, -0.2) is 0 Å². The third-order valence-electron chi connectivity index (χ3n) is 8.68. The molecule has 0 fully saturated rings. The van der Waals surface area contributed by atoms with Gasteiger partial charge < -0.3 is 20.6 Å². The van der Waals surface area contributed by atoms with Crippen LogP contribution in [-0.4, -0.2) is 46.1 Å². The van der Waals surface area contributed by atoms with Crippen LogP contribution >= 0.6 is 0 Å². The second kappa shape index (κ2) is 35.4. The summed E-state index contributed by atoms with van der Waals surface area (Å²) in [5, 5.41) is 32.9. The summed E-state index contributed by atoms with van der Waals surface area (Å²) in [4.78, 5) is 12.3. The van der Waals surface area contributed by atoms with Crippen molar-refractivity contribution < 1.29 is 20.1 Å². The lowest BCUT2D eigenvalue weighted by Gasteiger charge is -2.20. The van der Waals surface area contributed by atoms with Gasteiger partial charge in [-0.05, 0) is 32.1 Å². The van der Waals surface area contributed by atoms with Crippen molar-refractivity contribution in [1.29, 1.82) is 0 Å². The smallest absolute Gasteiger partial charge is 0.223 e. The molecule has 45 heavy (non-hydrogen) atoms. The van der Waals surface area contributed by atoms with E-state index < -0.39 is 18.2 Å². The highest BCUT2D eigenvalue weighted by molar-refractivity contribution is 5.77. The Labute approximate surface area is 279 Å². The highest BCUT2D eigenvalue weighted by atomic mass is 16.3. The molecule has 0 aliphatic rings. The summed E-state index contributed by atoms with van der Waals surface area (Å²) >= 11 is 0. The zero-order valence-corrected chi connectivity index (χ0v) is 29.7. The fourth-order valence-corrected chi connectivity index (χ4v) is 5.69. The van der Waals surface area contributed by atoms with Crippen LogP contribution in [0, 0.1) is 0 Å². The maximum atomic E-state index is 12.3. The molecule has 0 aromatic heterocycles. The molecule has 0 aromatic rings. The van der Waals surface area contributed by atoms with Crippen LogP contribution in [0.4, 0.5) is 0 Å². The SMILES string of the molecule is CCCCCCCC/C=C\C/C=C\C(O)CC(=O)NC(CO)C(O)/C=C/CCCCCCCCCCCCCCCCCCC. The summed E-state index contributed by atoms with van der Waals surface area (Å²) in [6.07, 6.45) is 43.0. The minimum absolute atomic E-state index is 0.0931. The lowest BCUT2D eigenvalue weighted by atomic mass is 10.0. The lowest BCUT2D eigenvalue weighted by Crippen LogP contribution is -2.45. The Morgan fingerprint density at radius 3 is 1.42 bits per heavy atom. The molecule has 0 saturated carbocycles. The van der Waals surface area contributed by atoms with Crippen LogP contribution in [0.1, 0.15) is 187 Å². The van der Waals surface area contributed by atoms with E-state index in [9.17, 15) is 20.1 Å². The largest absolute Gasteiger partial charge is 0.394 e. The van der Waals surface area contributed by atoms with E-state index >= 15 is 0 Å². The van der Waals surface area contributed by atoms with Gasteiger partial charge in [0, 0.05) is 0 Å². The number of carbonyl (C=O) groups is 1. The van der Waals surface area contributed by atoms with Crippen molar-refractivity contribution in [2.24, 2.45) is 0 Å². The number of unbranched alkanes of at least 4 members (excludes halogenated alkanes) is 23. The molecule has 0 aliphatic carbocycles. The molecule has 5 heteroatoms. The minimum atomic E-state index is -0.950. The minimum Gasteiger partial charge on any atom is -0.394 e. The average molecular weight is 634 g/mol. The lowest BCUT2D eigenvalue weighted by molar-refractivity contribution is -0.124. The van der Waals surface area contributed by atoms with E-state index in [2.05, 4.69) is 31.3 Å². The van der Waals surface area contributed by atoms with Crippen LogP contribution < -0.4 is 5.32 Å². The summed E-state index contributed by atoms with van der Waals surface area (Å²) < 4.78 is 0. The second-order valence-electron chi connectivity index (χ2n) is 13.2. The molecular formula is C40H75NO4. The molecule has 5 nitrogen and oxygen atoms in total. The van der Waals surface area contributed by atoms with Gasteiger partial charge in [0.25, 0.3) is 0 Å². The molecular weight excluding hydrogens is 558 g/mol. The van der Waals surface area contributed by atoms with Crippen molar-refractivity contribution in [2.45, 2.75) is 205 Å². The fraction of sp³-hybridized carbons (Fsp3) is 0.825. The third-order valence-corrected chi connectivity index (χ3v) is 8.68. The molecule has 0 aromatic carbocycles. The first-order chi connectivity index (χ1) is 22.0. The number of nitrogens with one attached hydrogen (secondary N) is 1. The Hall–Kier alpha value is -1.43. The summed E-state index contributed by atoms with van der Waals surface area (Å²) in [5.41, 5.74) is 0. The Balaban J connectivity index is 3.77. The molecule has 264 valence electrons. The monoisotopic (exact) mass is 634 g/mol. The van der Waals surface area contributed by atoms with Gasteiger partial charge in [0.15, 0.2) is 0 Å². The topological polar surface area (TPSA) is 89.8 Å². The molecule has 0 bridgehead atoms. The summed E-state index contributed by atoms with van der Waals surface area (Å²) in [6.45, 7) is 4.16. The molecule has 0 saturated heterocycles. The number of aliphatic hydroxyl groups is 3. The van der Waals surface area contributed by atoms with Crippen LogP contribution in [0.3, 0.4) is 0 Å². The van der Waals surface area contributed by atoms with Gasteiger partial charge in [0.05, 0.1) is 31.3 Å². The number of hydrogen-bond acceptors (Lipinski definition) is 4. The second-order valence-corrected chi connectivity index (χ2v) is 13.2. The first-order valence-corrected chi connectivity index (χ1v) is 19.3. The van der Waals surface area contributed by atoms with Crippen LogP contribution in [0.2, 0.25) is 0 Å². The van der Waals surface area contributed by atoms with Crippen LogP contribution in [0.5, 0.6) is 0 Å². The predicted octanol–water partition coefficient (Wildman–Crippen LogP) is 10.4. The van der Waals surface area contributed by atoms with E-state index in [0.717, 1.165) is 25.7 Å². The van der Waals surface area contributed by atoms with Crippen LogP contribution in [0.25, 0.3) is 0 Å². The Kier molecular flexibility index (Phi) is 34.3. The quantitative estimate of drug-likeness (QED) is 0.0419.